The maximum absolute atomic E-state index is 13.1. The van der Waals surface area contributed by atoms with Gasteiger partial charge in [0, 0.05) is 0 Å². The number of hydrogen-bond acceptors (Lipinski definition) is 2. The second kappa shape index (κ2) is 6.14. The second-order valence-electron chi connectivity index (χ2n) is 4.22. The molecule has 2 aromatic carbocycles. The molecule has 2 nitrogen and oxygen atoms in total. The Morgan fingerprint density at radius 1 is 1.11 bits per heavy atom. The topological polar surface area (TPSA) is 26.3 Å². The maximum Gasteiger partial charge on any atom is 0.338 e. The first-order valence-corrected chi connectivity index (χ1v) is 6.19. The molecule has 0 unspecified atom stereocenters. The highest BCUT2D eigenvalue weighted by Gasteiger charge is 2.05. The van der Waals surface area contributed by atoms with Gasteiger partial charge in [-0.15, -0.1) is 0 Å². The molecule has 0 saturated carbocycles. The van der Waals surface area contributed by atoms with Crippen LogP contribution in [0, 0.1) is 5.82 Å². The Labute approximate surface area is 111 Å². The summed E-state index contributed by atoms with van der Waals surface area (Å²) in [6.07, 6.45) is 0.640. The van der Waals surface area contributed by atoms with E-state index in [0.717, 1.165) is 11.1 Å². The van der Waals surface area contributed by atoms with Crippen LogP contribution in [0.4, 0.5) is 4.39 Å². The molecule has 0 fully saturated rings. The molecule has 3 heteroatoms. The van der Waals surface area contributed by atoms with Gasteiger partial charge in [-0.25, -0.2) is 9.18 Å². The second-order valence-corrected chi connectivity index (χ2v) is 4.22. The van der Waals surface area contributed by atoms with Gasteiger partial charge >= 0.3 is 5.97 Å². The van der Waals surface area contributed by atoms with Crippen molar-refractivity contribution in [1.29, 1.82) is 0 Å². The van der Waals surface area contributed by atoms with Crippen LogP contribution in [0.1, 0.15) is 28.4 Å². The lowest BCUT2D eigenvalue weighted by Gasteiger charge is -2.04. The predicted molar refractivity (Wildman–Crippen MR) is 71.6 cm³/mol. The highest BCUT2D eigenvalue weighted by atomic mass is 19.1. The van der Waals surface area contributed by atoms with Crippen molar-refractivity contribution in [3.05, 3.63) is 71.0 Å². The lowest BCUT2D eigenvalue weighted by atomic mass is 10.0. The van der Waals surface area contributed by atoms with Crippen molar-refractivity contribution in [2.75, 3.05) is 6.61 Å². The number of rotatable bonds is 4. The zero-order valence-corrected chi connectivity index (χ0v) is 10.7. The summed E-state index contributed by atoms with van der Waals surface area (Å²) in [6.45, 7) is 2.14. The Hall–Kier alpha value is -2.16. The Morgan fingerprint density at radius 3 is 2.47 bits per heavy atom. The molecule has 0 N–H and O–H groups in total. The molecule has 2 aromatic rings. The molecule has 2 rings (SSSR count). The van der Waals surface area contributed by atoms with Crippen molar-refractivity contribution in [2.24, 2.45) is 0 Å². The number of carbonyl (C=O) groups is 1. The summed E-state index contributed by atoms with van der Waals surface area (Å²) in [7, 11) is 0. The van der Waals surface area contributed by atoms with E-state index < -0.39 is 0 Å². The molecule has 0 spiro atoms. The fraction of sp³-hybridized carbons (Fsp3) is 0.188. The average Bonchev–Trinajstić information content (AvgIpc) is 2.40. The Balaban J connectivity index is 2.08. The molecule has 0 aromatic heterocycles. The molecule has 0 aliphatic carbocycles. The van der Waals surface area contributed by atoms with Crippen molar-refractivity contribution in [3.8, 4) is 0 Å². The van der Waals surface area contributed by atoms with Gasteiger partial charge in [0.05, 0.1) is 12.2 Å². The molecule has 19 heavy (non-hydrogen) atoms. The smallest absolute Gasteiger partial charge is 0.338 e. The van der Waals surface area contributed by atoms with Gasteiger partial charge in [-0.2, -0.15) is 0 Å². The maximum atomic E-state index is 13.1. The van der Waals surface area contributed by atoms with Crippen molar-refractivity contribution in [2.45, 2.75) is 13.3 Å². The van der Waals surface area contributed by atoms with Crippen LogP contribution in [0.5, 0.6) is 0 Å². The molecule has 0 heterocycles. The number of esters is 1. The third-order valence-electron chi connectivity index (χ3n) is 2.76. The van der Waals surface area contributed by atoms with E-state index in [1.165, 1.54) is 12.1 Å². The first kappa shape index (κ1) is 13.3. The van der Waals surface area contributed by atoms with E-state index in [4.69, 9.17) is 4.74 Å². The van der Waals surface area contributed by atoms with Gasteiger partial charge in [-0.3, -0.25) is 0 Å². The summed E-state index contributed by atoms with van der Waals surface area (Å²) in [5, 5.41) is 0. The molecule has 98 valence electrons. The number of hydrogen-bond donors (Lipinski definition) is 0. The highest BCUT2D eigenvalue weighted by Crippen LogP contribution is 2.12. The molecule has 0 radical (unpaired) electrons. The van der Waals surface area contributed by atoms with Crippen LogP contribution in [0.2, 0.25) is 0 Å². The van der Waals surface area contributed by atoms with Crippen LogP contribution >= 0.6 is 0 Å². The standard InChI is InChI=1S/C16H15FO2/c1-2-19-16(18)14-8-6-12(7-9-14)10-13-4-3-5-15(17)11-13/h3-9,11H,2,10H2,1H3. The molecule has 0 atom stereocenters. The van der Waals surface area contributed by atoms with Gasteiger partial charge in [0.15, 0.2) is 0 Å². The van der Waals surface area contributed by atoms with Crippen molar-refractivity contribution in [1.82, 2.24) is 0 Å². The summed E-state index contributed by atoms with van der Waals surface area (Å²) >= 11 is 0. The highest BCUT2D eigenvalue weighted by molar-refractivity contribution is 5.89. The van der Waals surface area contributed by atoms with E-state index in [2.05, 4.69) is 0 Å². The largest absolute Gasteiger partial charge is 0.462 e. The number of ether oxygens (including phenoxy) is 1. The van der Waals surface area contributed by atoms with Gasteiger partial charge in [0.2, 0.25) is 0 Å². The van der Waals surface area contributed by atoms with Crippen molar-refractivity contribution < 1.29 is 13.9 Å². The van der Waals surface area contributed by atoms with Crippen LogP contribution in [0.15, 0.2) is 48.5 Å². The Bertz CT molecular complexity index is 561. The van der Waals surface area contributed by atoms with Crippen LogP contribution < -0.4 is 0 Å². The molecule has 0 saturated heterocycles. The molecule has 0 amide bonds. The minimum atomic E-state index is -0.320. The van der Waals surface area contributed by atoms with Gasteiger partial charge in [-0.1, -0.05) is 24.3 Å². The minimum Gasteiger partial charge on any atom is -0.462 e. The number of halogens is 1. The zero-order chi connectivity index (χ0) is 13.7. The summed E-state index contributed by atoms with van der Waals surface area (Å²) < 4.78 is 18.0. The minimum absolute atomic E-state index is 0.236. The van der Waals surface area contributed by atoms with E-state index in [1.54, 1.807) is 25.1 Å². The Morgan fingerprint density at radius 2 is 1.84 bits per heavy atom. The molecule has 0 bridgehead atoms. The summed E-state index contributed by atoms with van der Waals surface area (Å²) in [4.78, 5) is 11.5. The predicted octanol–water partition coefficient (Wildman–Crippen LogP) is 3.59. The van der Waals surface area contributed by atoms with E-state index >= 15 is 0 Å². The first-order valence-electron chi connectivity index (χ1n) is 6.19. The van der Waals surface area contributed by atoms with Gasteiger partial charge < -0.3 is 4.74 Å². The summed E-state index contributed by atoms with van der Waals surface area (Å²) in [5.41, 5.74) is 2.47. The third-order valence-corrected chi connectivity index (χ3v) is 2.76. The summed E-state index contributed by atoms with van der Waals surface area (Å²) in [5.74, 6) is -0.555. The SMILES string of the molecule is CCOC(=O)c1ccc(Cc2cccc(F)c2)cc1. The third kappa shape index (κ3) is 3.65. The molecule has 0 aliphatic heterocycles. The van der Waals surface area contributed by atoms with E-state index in [9.17, 15) is 9.18 Å². The van der Waals surface area contributed by atoms with Crippen LogP contribution in [-0.4, -0.2) is 12.6 Å². The number of benzene rings is 2. The average molecular weight is 258 g/mol. The van der Waals surface area contributed by atoms with Gasteiger partial charge in [0.25, 0.3) is 0 Å². The Kier molecular flexibility index (Phi) is 4.29. The van der Waals surface area contributed by atoms with Gasteiger partial charge in [0.1, 0.15) is 5.82 Å². The zero-order valence-electron chi connectivity index (χ0n) is 10.7. The molecular weight excluding hydrogens is 243 g/mol. The summed E-state index contributed by atoms with van der Waals surface area (Å²) in [6, 6.07) is 13.7. The van der Waals surface area contributed by atoms with Gasteiger partial charge in [-0.05, 0) is 48.7 Å². The fourth-order valence-electron chi connectivity index (χ4n) is 1.86. The molecular formula is C16H15FO2. The quantitative estimate of drug-likeness (QED) is 0.783. The van der Waals surface area contributed by atoms with E-state index in [0.29, 0.717) is 18.6 Å². The number of carbonyl (C=O) groups excluding carboxylic acids is 1. The normalized spacial score (nSPS) is 10.2. The lowest BCUT2D eigenvalue weighted by Crippen LogP contribution is -2.04. The fourth-order valence-corrected chi connectivity index (χ4v) is 1.86. The molecule has 0 aliphatic rings. The van der Waals surface area contributed by atoms with Crippen LogP contribution in [-0.2, 0) is 11.2 Å². The lowest BCUT2D eigenvalue weighted by molar-refractivity contribution is 0.0526. The van der Waals surface area contributed by atoms with Crippen LogP contribution in [0.3, 0.4) is 0 Å². The monoisotopic (exact) mass is 258 g/mol. The van der Waals surface area contributed by atoms with E-state index in [1.807, 2.05) is 18.2 Å². The van der Waals surface area contributed by atoms with Crippen molar-refractivity contribution >= 4 is 5.97 Å². The van der Waals surface area contributed by atoms with Crippen LogP contribution in [0.25, 0.3) is 0 Å². The van der Waals surface area contributed by atoms with Crippen molar-refractivity contribution in [3.63, 3.8) is 0 Å². The first-order chi connectivity index (χ1) is 9.19. The van der Waals surface area contributed by atoms with E-state index in [-0.39, 0.29) is 11.8 Å².